The van der Waals surface area contributed by atoms with Crippen LogP contribution in [0.5, 0.6) is 0 Å². The lowest BCUT2D eigenvalue weighted by Crippen LogP contribution is -2.50. The zero-order chi connectivity index (χ0) is 19.6. The van der Waals surface area contributed by atoms with Gasteiger partial charge in [-0.3, -0.25) is 0 Å². The van der Waals surface area contributed by atoms with E-state index in [1.807, 2.05) is 6.92 Å². The lowest BCUT2D eigenvalue weighted by atomic mass is 9.84. The van der Waals surface area contributed by atoms with E-state index in [-0.39, 0.29) is 5.92 Å². The lowest BCUT2D eigenvalue weighted by molar-refractivity contribution is 0.363. The lowest BCUT2D eigenvalue weighted by Gasteiger charge is -2.38. The number of unbranched alkanes of at least 4 members (excludes halogenated alkanes) is 6. The third-order valence-corrected chi connectivity index (χ3v) is 8.22. The molecule has 0 aromatic carbocycles. The van der Waals surface area contributed by atoms with Crippen molar-refractivity contribution in [3.63, 3.8) is 0 Å². The largest absolute Gasteiger partial charge is 0.223 e. The first-order chi connectivity index (χ1) is 12.3. The highest BCUT2D eigenvalue weighted by Gasteiger charge is 2.47. The van der Waals surface area contributed by atoms with Gasteiger partial charge in [0.25, 0.3) is 0 Å². The molecule has 1 aliphatic carbocycles. The Labute approximate surface area is 161 Å². The van der Waals surface area contributed by atoms with Crippen LogP contribution in [0.15, 0.2) is 23.8 Å². The Bertz CT molecular complexity index is 619. The van der Waals surface area contributed by atoms with Gasteiger partial charge in [0.15, 0.2) is 0 Å². The van der Waals surface area contributed by atoms with Crippen LogP contribution in [0.2, 0.25) is 0 Å². The maximum atomic E-state index is 13.5. The number of hydrogen-bond acceptors (Lipinski definition) is 3. The molecule has 0 aromatic heterocycles. The molecular formula is C21H36N2O2S. The van der Waals surface area contributed by atoms with Crippen LogP contribution in [-0.4, -0.2) is 30.6 Å². The Morgan fingerprint density at radius 3 is 2.08 bits per heavy atom. The third kappa shape index (κ3) is 5.44. The fourth-order valence-corrected chi connectivity index (χ4v) is 5.56. The van der Waals surface area contributed by atoms with Crippen LogP contribution in [-0.2, 0) is 10.0 Å². The first-order valence-electron chi connectivity index (χ1n) is 10.1. The van der Waals surface area contributed by atoms with Crippen LogP contribution in [0.1, 0.15) is 79.1 Å². The number of nitriles is 1. The van der Waals surface area contributed by atoms with Crippen molar-refractivity contribution in [3.8, 4) is 6.07 Å². The molecule has 0 aromatic rings. The molecule has 26 heavy (non-hydrogen) atoms. The van der Waals surface area contributed by atoms with Gasteiger partial charge in [0.1, 0.15) is 4.75 Å². The number of allylic oxidation sites excluding steroid dienone is 3. The summed E-state index contributed by atoms with van der Waals surface area (Å²) in [7, 11) is -3.54. The first kappa shape index (κ1) is 22.9. The molecule has 1 rings (SSSR count). The maximum Gasteiger partial charge on any atom is 0.223 e. The van der Waals surface area contributed by atoms with E-state index in [0.29, 0.717) is 18.7 Å². The second-order valence-electron chi connectivity index (χ2n) is 7.52. The minimum Gasteiger partial charge on any atom is -0.211 e. The van der Waals surface area contributed by atoms with Gasteiger partial charge in [0, 0.05) is 24.6 Å². The van der Waals surface area contributed by atoms with Gasteiger partial charge in [-0.25, -0.2) is 12.7 Å². The molecule has 2 atom stereocenters. The van der Waals surface area contributed by atoms with Crippen molar-refractivity contribution >= 4 is 10.0 Å². The van der Waals surface area contributed by atoms with E-state index < -0.39 is 14.8 Å². The van der Waals surface area contributed by atoms with E-state index in [1.54, 1.807) is 29.5 Å². The third-order valence-electron chi connectivity index (χ3n) is 5.58. The van der Waals surface area contributed by atoms with Crippen molar-refractivity contribution in [2.24, 2.45) is 5.92 Å². The summed E-state index contributed by atoms with van der Waals surface area (Å²) in [4.78, 5) is 0. The van der Waals surface area contributed by atoms with Gasteiger partial charge in [-0.1, -0.05) is 71.4 Å². The van der Waals surface area contributed by atoms with E-state index in [0.717, 1.165) is 51.4 Å². The Morgan fingerprint density at radius 1 is 1.08 bits per heavy atom. The van der Waals surface area contributed by atoms with E-state index >= 15 is 0 Å². The molecule has 0 aliphatic heterocycles. The Hall–Kier alpha value is -1.12. The normalized spacial score (nSPS) is 23.1. The van der Waals surface area contributed by atoms with Crippen molar-refractivity contribution in [2.45, 2.75) is 83.8 Å². The first-order valence-corrected chi connectivity index (χ1v) is 11.6. The molecule has 0 N–H and O–H groups in total. The van der Waals surface area contributed by atoms with Crippen LogP contribution in [0.3, 0.4) is 0 Å². The van der Waals surface area contributed by atoms with Crippen molar-refractivity contribution in [1.82, 2.24) is 4.31 Å². The van der Waals surface area contributed by atoms with Crippen molar-refractivity contribution in [2.75, 3.05) is 13.1 Å². The average molecular weight is 381 g/mol. The molecule has 0 saturated heterocycles. The fourth-order valence-electron chi connectivity index (χ4n) is 3.44. The zero-order valence-electron chi connectivity index (χ0n) is 17.0. The molecule has 0 amide bonds. The Morgan fingerprint density at radius 2 is 1.62 bits per heavy atom. The van der Waals surface area contributed by atoms with Crippen LogP contribution in [0.25, 0.3) is 0 Å². The van der Waals surface area contributed by atoms with Crippen LogP contribution in [0.4, 0.5) is 0 Å². The van der Waals surface area contributed by atoms with E-state index in [9.17, 15) is 13.7 Å². The molecule has 0 heterocycles. The van der Waals surface area contributed by atoms with Gasteiger partial charge in [-0.2, -0.15) is 5.26 Å². The SMILES string of the molecule is CCCCCCN(CCCCCC)S(=O)(=O)C1(C)C=CC=C(C#N)C1C. The van der Waals surface area contributed by atoms with Crippen molar-refractivity contribution < 1.29 is 8.42 Å². The molecule has 1 aliphatic rings. The molecule has 0 saturated carbocycles. The smallest absolute Gasteiger partial charge is 0.211 e. The molecule has 0 fully saturated rings. The summed E-state index contributed by atoms with van der Waals surface area (Å²) in [5.74, 6) is -0.337. The maximum absolute atomic E-state index is 13.5. The minimum atomic E-state index is -3.54. The summed E-state index contributed by atoms with van der Waals surface area (Å²) >= 11 is 0. The van der Waals surface area contributed by atoms with E-state index in [4.69, 9.17) is 0 Å². The van der Waals surface area contributed by atoms with Gasteiger partial charge < -0.3 is 0 Å². The number of rotatable bonds is 12. The predicted molar refractivity (Wildman–Crippen MR) is 109 cm³/mol. The number of nitrogens with zero attached hydrogens (tertiary/aromatic N) is 2. The molecule has 2 unspecified atom stereocenters. The Balaban J connectivity index is 2.98. The molecule has 0 bridgehead atoms. The molecule has 148 valence electrons. The van der Waals surface area contributed by atoms with Crippen LogP contribution >= 0.6 is 0 Å². The molecule has 0 spiro atoms. The monoisotopic (exact) mass is 380 g/mol. The van der Waals surface area contributed by atoms with E-state index in [2.05, 4.69) is 19.9 Å². The Kier molecular flexibility index (Phi) is 9.60. The van der Waals surface area contributed by atoms with Gasteiger partial charge in [0.05, 0.1) is 6.07 Å². The summed E-state index contributed by atoms with van der Waals surface area (Å²) in [5.41, 5.74) is 0.537. The zero-order valence-corrected chi connectivity index (χ0v) is 17.8. The summed E-state index contributed by atoms with van der Waals surface area (Å²) in [5, 5.41) is 9.34. The van der Waals surface area contributed by atoms with Crippen LogP contribution < -0.4 is 0 Å². The highest BCUT2D eigenvalue weighted by atomic mass is 32.2. The second-order valence-corrected chi connectivity index (χ2v) is 9.87. The highest BCUT2D eigenvalue weighted by molar-refractivity contribution is 7.90. The van der Waals surface area contributed by atoms with Gasteiger partial charge in [0.2, 0.25) is 10.0 Å². The topological polar surface area (TPSA) is 61.2 Å². The number of hydrogen-bond donors (Lipinski definition) is 0. The van der Waals surface area contributed by atoms with E-state index in [1.165, 1.54) is 0 Å². The van der Waals surface area contributed by atoms with Crippen molar-refractivity contribution in [1.29, 1.82) is 5.26 Å². The van der Waals surface area contributed by atoms with Gasteiger partial charge in [-0.05, 0) is 25.8 Å². The fraction of sp³-hybridized carbons (Fsp3) is 0.762. The summed E-state index contributed by atoms with van der Waals surface area (Å²) < 4.78 is 27.7. The average Bonchev–Trinajstić information content (AvgIpc) is 2.62. The second kappa shape index (κ2) is 10.9. The highest BCUT2D eigenvalue weighted by Crippen LogP contribution is 2.38. The number of sulfonamides is 1. The summed E-state index contributed by atoms with van der Waals surface area (Å²) in [6.07, 6.45) is 13.7. The predicted octanol–water partition coefficient (Wildman–Crippen LogP) is 5.19. The standard InChI is InChI=1S/C21H36N2O2S/c1-5-7-9-11-16-23(17-12-10-8-6-2)26(24,25)21(4)15-13-14-20(18-22)19(21)3/h13-15,19H,5-12,16-17H2,1-4H3. The molecule has 0 radical (unpaired) electrons. The quantitative estimate of drug-likeness (QED) is 0.438. The summed E-state index contributed by atoms with van der Waals surface area (Å²) in [6.45, 7) is 9.09. The van der Waals surface area contributed by atoms with Gasteiger partial charge in [-0.15, -0.1) is 0 Å². The summed E-state index contributed by atoms with van der Waals surface area (Å²) in [6, 6.07) is 2.17. The minimum absolute atomic E-state index is 0.337. The van der Waals surface area contributed by atoms with Crippen molar-refractivity contribution in [3.05, 3.63) is 23.8 Å². The molecule has 5 heteroatoms. The molecule has 4 nitrogen and oxygen atoms in total. The van der Waals surface area contributed by atoms with Crippen LogP contribution in [0, 0.1) is 17.2 Å². The van der Waals surface area contributed by atoms with Gasteiger partial charge >= 0.3 is 0 Å². The molecular weight excluding hydrogens is 344 g/mol.